The maximum absolute atomic E-state index is 9.45. The van der Waals surface area contributed by atoms with E-state index in [9.17, 15) is 5.11 Å². The van der Waals surface area contributed by atoms with Crippen molar-refractivity contribution in [3.8, 4) is 28.0 Å². The SMILES string of the molecule is CCCCCOC(C)CCCC=Cc1ccc(-c2ccc(-c3ccc(O)cc3)cc2)cc1. The van der Waals surface area contributed by atoms with E-state index in [0.29, 0.717) is 11.9 Å². The summed E-state index contributed by atoms with van der Waals surface area (Å²) < 4.78 is 5.87. The van der Waals surface area contributed by atoms with E-state index in [1.165, 1.54) is 36.0 Å². The van der Waals surface area contributed by atoms with Crippen molar-refractivity contribution in [1.82, 2.24) is 0 Å². The van der Waals surface area contributed by atoms with Crippen LogP contribution in [0, 0.1) is 0 Å². The van der Waals surface area contributed by atoms with Gasteiger partial charge in [-0.25, -0.2) is 0 Å². The van der Waals surface area contributed by atoms with E-state index >= 15 is 0 Å². The first kappa shape index (κ1) is 23.8. The minimum atomic E-state index is 0.292. The van der Waals surface area contributed by atoms with Crippen LogP contribution in [-0.2, 0) is 4.74 Å². The molecule has 1 N–H and O–H groups in total. The summed E-state index contributed by atoms with van der Waals surface area (Å²) in [5.41, 5.74) is 5.91. The van der Waals surface area contributed by atoms with Crippen molar-refractivity contribution < 1.29 is 9.84 Å². The Bertz CT molecular complexity index is 938. The third kappa shape index (κ3) is 7.69. The number of phenols is 1. The Morgan fingerprint density at radius 1 is 0.750 bits per heavy atom. The summed E-state index contributed by atoms with van der Waals surface area (Å²) in [7, 11) is 0. The van der Waals surface area contributed by atoms with Gasteiger partial charge in [0.05, 0.1) is 6.10 Å². The number of hydrogen-bond donors (Lipinski definition) is 1. The summed E-state index contributed by atoms with van der Waals surface area (Å²) in [5, 5.41) is 9.45. The first-order chi connectivity index (χ1) is 15.7. The van der Waals surface area contributed by atoms with Crippen molar-refractivity contribution in [1.29, 1.82) is 0 Å². The second kappa shape index (κ2) is 12.9. The summed E-state index contributed by atoms with van der Waals surface area (Å²) in [5.74, 6) is 0.292. The Labute approximate surface area is 193 Å². The van der Waals surface area contributed by atoms with Crippen LogP contribution in [0.4, 0.5) is 0 Å². The summed E-state index contributed by atoms with van der Waals surface area (Å²) in [6.07, 6.45) is 11.9. The van der Waals surface area contributed by atoms with Crippen LogP contribution in [0.1, 0.15) is 57.9 Å². The molecule has 0 aliphatic carbocycles. The summed E-state index contributed by atoms with van der Waals surface area (Å²) in [6, 6.07) is 24.6. The lowest BCUT2D eigenvalue weighted by Crippen LogP contribution is -2.08. The van der Waals surface area contributed by atoms with Crippen LogP contribution in [0.15, 0.2) is 78.9 Å². The zero-order valence-corrected chi connectivity index (χ0v) is 19.5. The van der Waals surface area contributed by atoms with E-state index in [-0.39, 0.29) is 0 Å². The standard InChI is InChI=1S/C30H36O2/c1-3-4-8-23-32-24(2)9-6-5-7-10-25-11-13-26(14-12-25)27-15-17-28(18-16-27)29-19-21-30(31)22-20-29/h7,10-22,24,31H,3-6,8-9,23H2,1-2H3. The highest BCUT2D eigenvalue weighted by Crippen LogP contribution is 2.26. The molecular formula is C30H36O2. The monoisotopic (exact) mass is 428 g/mol. The molecule has 1 atom stereocenters. The molecule has 0 saturated carbocycles. The predicted molar refractivity (Wildman–Crippen MR) is 137 cm³/mol. The van der Waals surface area contributed by atoms with E-state index in [1.54, 1.807) is 12.1 Å². The fourth-order valence-electron chi connectivity index (χ4n) is 3.76. The molecule has 0 aliphatic rings. The molecule has 0 aliphatic heterocycles. The average Bonchev–Trinajstić information content (AvgIpc) is 2.83. The van der Waals surface area contributed by atoms with Crippen LogP contribution in [-0.4, -0.2) is 17.8 Å². The third-order valence-electron chi connectivity index (χ3n) is 5.77. The van der Waals surface area contributed by atoms with Crippen LogP contribution < -0.4 is 0 Å². The molecule has 168 valence electrons. The average molecular weight is 429 g/mol. The number of hydrogen-bond acceptors (Lipinski definition) is 2. The molecule has 2 heteroatoms. The minimum absolute atomic E-state index is 0.292. The molecule has 32 heavy (non-hydrogen) atoms. The number of ether oxygens (including phenoxy) is 1. The molecule has 2 nitrogen and oxygen atoms in total. The highest BCUT2D eigenvalue weighted by molar-refractivity contribution is 5.71. The number of phenolic OH excluding ortho intramolecular Hbond substituents is 1. The zero-order valence-electron chi connectivity index (χ0n) is 19.5. The van der Waals surface area contributed by atoms with Gasteiger partial charge in [-0.3, -0.25) is 0 Å². The molecular weight excluding hydrogens is 392 g/mol. The van der Waals surface area contributed by atoms with Crippen molar-refractivity contribution in [2.75, 3.05) is 6.61 Å². The van der Waals surface area contributed by atoms with Crippen molar-refractivity contribution in [2.45, 2.75) is 58.5 Å². The fraction of sp³-hybridized carbons (Fsp3) is 0.333. The molecule has 1 unspecified atom stereocenters. The first-order valence-electron chi connectivity index (χ1n) is 11.9. The number of unbranched alkanes of at least 4 members (excludes halogenated alkanes) is 3. The second-order valence-electron chi connectivity index (χ2n) is 8.47. The Hall–Kier alpha value is -2.84. The van der Waals surface area contributed by atoms with Gasteiger partial charge in [-0.15, -0.1) is 0 Å². The summed E-state index contributed by atoms with van der Waals surface area (Å²) in [6.45, 7) is 5.31. The molecule has 0 heterocycles. The van der Waals surface area contributed by atoms with Crippen molar-refractivity contribution in [3.63, 3.8) is 0 Å². The molecule has 0 aromatic heterocycles. The third-order valence-corrected chi connectivity index (χ3v) is 5.77. The maximum Gasteiger partial charge on any atom is 0.115 e. The predicted octanol–water partition coefficient (Wildman–Crippen LogP) is 8.51. The Balaban J connectivity index is 1.45. The van der Waals surface area contributed by atoms with Gasteiger partial charge < -0.3 is 9.84 Å². The Morgan fingerprint density at radius 2 is 1.28 bits per heavy atom. The van der Waals surface area contributed by atoms with E-state index < -0.39 is 0 Å². The Morgan fingerprint density at radius 3 is 1.84 bits per heavy atom. The van der Waals surface area contributed by atoms with Gasteiger partial charge in [0.15, 0.2) is 0 Å². The molecule has 0 fully saturated rings. The number of allylic oxidation sites excluding steroid dienone is 1. The second-order valence-corrected chi connectivity index (χ2v) is 8.47. The lowest BCUT2D eigenvalue weighted by atomic mass is 9.99. The molecule has 3 rings (SSSR count). The van der Waals surface area contributed by atoms with Gasteiger partial charge in [-0.1, -0.05) is 92.6 Å². The molecule has 3 aromatic carbocycles. The van der Waals surface area contributed by atoms with Crippen LogP contribution >= 0.6 is 0 Å². The first-order valence-corrected chi connectivity index (χ1v) is 11.9. The van der Waals surface area contributed by atoms with E-state index in [4.69, 9.17) is 4.74 Å². The molecule has 0 radical (unpaired) electrons. The fourth-order valence-corrected chi connectivity index (χ4v) is 3.76. The molecule has 0 bridgehead atoms. The van der Waals surface area contributed by atoms with Gasteiger partial charge in [0.1, 0.15) is 5.75 Å². The molecule has 0 amide bonds. The highest BCUT2D eigenvalue weighted by Gasteiger charge is 2.02. The lowest BCUT2D eigenvalue weighted by Gasteiger charge is -2.12. The maximum atomic E-state index is 9.45. The summed E-state index contributed by atoms with van der Waals surface area (Å²) >= 11 is 0. The van der Waals surface area contributed by atoms with Gasteiger partial charge in [-0.2, -0.15) is 0 Å². The van der Waals surface area contributed by atoms with Crippen molar-refractivity contribution >= 4 is 6.08 Å². The van der Waals surface area contributed by atoms with Gasteiger partial charge in [0, 0.05) is 6.61 Å². The normalized spacial score (nSPS) is 12.3. The van der Waals surface area contributed by atoms with E-state index in [0.717, 1.165) is 37.0 Å². The van der Waals surface area contributed by atoms with Crippen molar-refractivity contribution in [2.24, 2.45) is 0 Å². The molecule has 3 aromatic rings. The lowest BCUT2D eigenvalue weighted by molar-refractivity contribution is 0.0566. The van der Waals surface area contributed by atoms with Gasteiger partial charge in [0.2, 0.25) is 0 Å². The van der Waals surface area contributed by atoms with Crippen LogP contribution in [0.25, 0.3) is 28.3 Å². The number of benzene rings is 3. The van der Waals surface area contributed by atoms with Gasteiger partial charge in [0.25, 0.3) is 0 Å². The minimum Gasteiger partial charge on any atom is -0.508 e. The van der Waals surface area contributed by atoms with E-state index in [2.05, 4.69) is 74.5 Å². The smallest absolute Gasteiger partial charge is 0.115 e. The number of aromatic hydroxyl groups is 1. The topological polar surface area (TPSA) is 29.5 Å². The van der Waals surface area contributed by atoms with Gasteiger partial charge >= 0.3 is 0 Å². The Kier molecular flexibility index (Phi) is 9.59. The quantitative estimate of drug-likeness (QED) is 0.293. The summed E-state index contributed by atoms with van der Waals surface area (Å²) in [4.78, 5) is 0. The van der Waals surface area contributed by atoms with Crippen LogP contribution in [0.2, 0.25) is 0 Å². The molecule has 0 saturated heterocycles. The van der Waals surface area contributed by atoms with E-state index in [1.807, 2.05) is 12.1 Å². The number of rotatable bonds is 12. The highest BCUT2D eigenvalue weighted by atomic mass is 16.5. The largest absolute Gasteiger partial charge is 0.508 e. The van der Waals surface area contributed by atoms with Crippen LogP contribution in [0.3, 0.4) is 0 Å². The molecule has 0 spiro atoms. The van der Waals surface area contributed by atoms with Gasteiger partial charge in [-0.05, 0) is 72.6 Å². The van der Waals surface area contributed by atoms with Crippen LogP contribution in [0.5, 0.6) is 5.75 Å². The zero-order chi connectivity index (χ0) is 22.6. The van der Waals surface area contributed by atoms with Crippen molar-refractivity contribution in [3.05, 3.63) is 84.4 Å².